The van der Waals surface area contributed by atoms with Crippen molar-refractivity contribution in [3.63, 3.8) is 0 Å². The molecule has 1 aromatic heterocycles. The van der Waals surface area contributed by atoms with Gasteiger partial charge in [0.05, 0.1) is 0 Å². The number of rotatable bonds is 2. The van der Waals surface area contributed by atoms with Crippen molar-refractivity contribution in [2.45, 2.75) is 20.8 Å². The van der Waals surface area contributed by atoms with Gasteiger partial charge in [0.15, 0.2) is 6.61 Å². The zero-order chi connectivity index (χ0) is 11.5. The van der Waals surface area contributed by atoms with Gasteiger partial charge in [-0.2, -0.15) is 0 Å². The van der Waals surface area contributed by atoms with Crippen molar-refractivity contribution >= 4 is 0 Å². The van der Waals surface area contributed by atoms with E-state index in [2.05, 4.69) is 20.9 Å². The Morgan fingerprint density at radius 3 is 2.27 bits per heavy atom. The highest BCUT2D eigenvalue weighted by molar-refractivity contribution is 5.07. The van der Waals surface area contributed by atoms with Crippen LogP contribution in [-0.4, -0.2) is 11.7 Å². The molecule has 0 unspecified atom stereocenters. The second kappa shape index (κ2) is 4.09. The molecular formula is C9H11NO5. The Balaban J connectivity index is 2.54. The van der Waals surface area contributed by atoms with Gasteiger partial charge in [-0.05, 0) is 20.8 Å². The summed E-state index contributed by atoms with van der Waals surface area (Å²) in [6.07, 6.45) is 0. The highest BCUT2D eigenvalue weighted by atomic mass is 17.0. The third-order valence-electron chi connectivity index (χ3n) is 1.19. The summed E-state index contributed by atoms with van der Waals surface area (Å²) in [5.41, 5.74) is -2.36. The van der Waals surface area contributed by atoms with Gasteiger partial charge in [-0.1, -0.05) is 11.8 Å². The minimum Gasteiger partial charge on any atom is -0.344 e. The van der Waals surface area contributed by atoms with Crippen LogP contribution in [-0.2, 0) is 0 Å². The van der Waals surface area contributed by atoms with Crippen LogP contribution < -0.4 is 16.1 Å². The van der Waals surface area contributed by atoms with Crippen LogP contribution in [0.4, 0.5) is 0 Å². The maximum atomic E-state index is 10.5. The van der Waals surface area contributed by atoms with Crippen molar-refractivity contribution in [3.05, 3.63) is 20.8 Å². The predicted molar refractivity (Wildman–Crippen MR) is 50.2 cm³/mol. The minimum absolute atomic E-state index is 0.0299. The van der Waals surface area contributed by atoms with Crippen LogP contribution in [0.1, 0.15) is 20.8 Å². The molecule has 0 aliphatic rings. The second-order valence-electron chi connectivity index (χ2n) is 3.81. The number of aromatic nitrogens is 1. The number of nitrogens with zero attached hydrogens (tertiary/aromatic N) is 1. The molecule has 1 rings (SSSR count). The number of hydrogen-bond acceptors (Lipinski definition) is 5. The molecule has 6 heteroatoms. The first kappa shape index (κ1) is 11.2. The maximum absolute atomic E-state index is 10.5. The largest absolute Gasteiger partial charge is 0.449 e. The number of hydrogen-bond donors (Lipinski definition) is 0. The van der Waals surface area contributed by atoms with Crippen molar-refractivity contribution in [3.8, 4) is 11.8 Å². The van der Waals surface area contributed by atoms with Gasteiger partial charge in [0.25, 0.3) is 0 Å². The molecule has 0 aliphatic heterocycles. The van der Waals surface area contributed by atoms with Gasteiger partial charge < -0.3 is 4.84 Å². The molecule has 6 nitrogen and oxygen atoms in total. The molecule has 0 N–H and O–H groups in total. The first-order valence-corrected chi connectivity index (χ1v) is 4.26. The Labute approximate surface area is 85.3 Å². The van der Waals surface area contributed by atoms with Crippen LogP contribution in [0.25, 0.3) is 0 Å². The molecule has 0 atom stereocenters. The highest BCUT2D eigenvalue weighted by Gasteiger charge is 2.05. The van der Waals surface area contributed by atoms with E-state index in [1.807, 2.05) is 20.8 Å². The third kappa shape index (κ3) is 3.77. The fourth-order valence-electron chi connectivity index (χ4n) is 0.667. The summed E-state index contributed by atoms with van der Waals surface area (Å²) >= 11 is 0. The van der Waals surface area contributed by atoms with E-state index in [1.165, 1.54) is 0 Å². The van der Waals surface area contributed by atoms with E-state index in [-0.39, 0.29) is 12.0 Å². The Kier molecular flexibility index (Phi) is 3.04. The minimum atomic E-state index is -1.11. The van der Waals surface area contributed by atoms with Gasteiger partial charge in [0.2, 0.25) is 0 Å². The van der Waals surface area contributed by atoms with Crippen LogP contribution in [0.5, 0.6) is 0 Å². The summed E-state index contributed by atoms with van der Waals surface area (Å²) in [4.78, 5) is 25.8. The van der Waals surface area contributed by atoms with Crippen LogP contribution in [0.15, 0.2) is 18.6 Å². The molecule has 0 saturated heterocycles. The Hall–Kier alpha value is -1.90. The molecule has 0 radical (unpaired) electrons. The first-order chi connectivity index (χ1) is 6.88. The average Bonchev–Trinajstić information content (AvgIpc) is 2.39. The molecule has 0 aliphatic carbocycles. The zero-order valence-corrected chi connectivity index (χ0v) is 8.70. The summed E-state index contributed by atoms with van der Waals surface area (Å²) in [6, 6.07) is 0. The van der Waals surface area contributed by atoms with E-state index in [9.17, 15) is 9.59 Å². The van der Waals surface area contributed by atoms with E-state index in [0.717, 1.165) is 0 Å². The van der Waals surface area contributed by atoms with Crippen molar-refractivity contribution in [2.75, 3.05) is 6.61 Å². The Morgan fingerprint density at radius 2 is 1.80 bits per heavy atom. The van der Waals surface area contributed by atoms with Gasteiger partial charge in [0.1, 0.15) is 5.08 Å². The van der Waals surface area contributed by atoms with E-state index in [0.29, 0.717) is 5.08 Å². The van der Waals surface area contributed by atoms with Gasteiger partial charge in [-0.25, -0.2) is 9.59 Å². The molecule has 82 valence electrons. The molecule has 0 saturated carbocycles. The maximum Gasteiger partial charge on any atom is 0.449 e. The van der Waals surface area contributed by atoms with Gasteiger partial charge in [-0.3, -0.25) is 9.05 Å². The predicted octanol–water partition coefficient (Wildman–Crippen LogP) is -0.127. The monoisotopic (exact) mass is 213 g/mol. The van der Waals surface area contributed by atoms with Crippen LogP contribution in [0.2, 0.25) is 0 Å². The summed E-state index contributed by atoms with van der Waals surface area (Å²) in [7, 11) is 0. The second-order valence-corrected chi connectivity index (χ2v) is 3.81. The fraction of sp³-hybridized carbons (Fsp3) is 0.556. The van der Waals surface area contributed by atoms with E-state index in [1.54, 1.807) is 0 Å². The lowest BCUT2D eigenvalue weighted by Gasteiger charge is -2.06. The molecule has 1 aromatic rings. The van der Waals surface area contributed by atoms with Crippen molar-refractivity contribution in [2.24, 2.45) is 5.41 Å². The molecule has 0 spiro atoms. The molecule has 15 heavy (non-hydrogen) atoms. The molecule has 0 bridgehead atoms. The quantitative estimate of drug-likeness (QED) is 0.505. The first-order valence-electron chi connectivity index (χ1n) is 4.26. The van der Waals surface area contributed by atoms with Gasteiger partial charge in [0, 0.05) is 5.41 Å². The molecular weight excluding hydrogens is 202 g/mol. The molecule has 0 aromatic carbocycles. The average molecular weight is 213 g/mol. The van der Waals surface area contributed by atoms with Crippen molar-refractivity contribution in [1.82, 2.24) is 5.08 Å². The van der Waals surface area contributed by atoms with Crippen molar-refractivity contribution < 1.29 is 13.9 Å². The van der Waals surface area contributed by atoms with Crippen LogP contribution in [0, 0.1) is 17.3 Å². The smallest absolute Gasteiger partial charge is 0.344 e. The van der Waals surface area contributed by atoms with Crippen LogP contribution in [0.3, 0.4) is 0 Å². The summed E-state index contributed by atoms with van der Waals surface area (Å²) in [5, 5.41) is 0.349. The lowest BCUT2D eigenvalue weighted by atomic mass is 9.98. The lowest BCUT2D eigenvalue weighted by Crippen LogP contribution is -2.14. The van der Waals surface area contributed by atoms with E-state index < -0.39 is 11.3 Å². The SMILES string of the molecule is CC(C)(C)C#CCOn1oc(=O)c(=O)o1. The van der Waals surface area contributed by atoms with Crippen molar-refractivity contribution in [1.29, 1.82) is 0 Å². The third-order valence-corrected chi connectivity index (χ3v) is 1.19. The zero-order valence-electron chi connectivity index (χ0n) is 8.70. The standard InChI is InChI=1S/C9H11NO5/c1-9(2,3)5-4-6-13-10-14-7(11)8(12)15-10/h6H2,1-3H3. The molecule has 0 amide bonds. The van der Waals surface area contributed by atoms with E-state index in [4.69, 9.17) is 4.84 Å². The van der Waals surface area contributed by atoms with Gasteiger partial charge in [-0.15, -0.1) is 0 Å². The van der Waals surface area contributed by atoms with E-state index >= 15 is 0 Å². The Bertz CT molecular complexity index is 460. The Morgan fingerprint density at radius 1 is 1.27 bits per heavy atom. The van der Waals surface area contributed by atoms with Gasteiger partial charge >= 0.3 is 11.3 Å². The lowest BCUT2D eigenvalue weighted by molar-refractivity contribution is -0.135. The van der Waals surface area contributed by atoms with Crippen LogP contribution >= 0.6 is 0 Å². The summed E-state index contributed by atoms with van der Waals surface area (Å²) in [6.45, 7) is 5.79. The summed E-state index contributed by atoms with van der Waals surface area (Å²) in [5.74, 6) is 5.57. The fourth-order valence-corrected chi connectivity index (χ4v) is 0.667. The normalized spacial score (nSPS) is 10.6. The summed E-state index contributed by atoms with van der Waals surface area (Å²) < 4.78 is 8.48. The highest BCUT2D eigenvalue weighted by Crippen LogP contribution is 2.09. The molecule has 1 heterocycles. The topological polar surface area (TPSA) is 74.6 Å². The molecule has 0 fully saturated rings.